The molecule has 0 radical (unpaired) electrons. The molecule has 0 amide bonds. The average molecular weight is 260 g/mol. The lowest BCUT2D eigenvalue weighted by molar-refractivity contribution is 1.50. The quantitative estimate of drug-likeness (QED) is 0.425. The number of thiol groups is 2. The minimum atomic E-state index is 1.06. The van der Waals surface area contributed by atoms with Gasteiger partial charge in [-0.15, -0.1) is 0 Å². The highest BCUT2D eigenvalue weighted by Crippen LogP contribution is 2.18. The lowest BCUT2D eigenvalue weighted by Gasteiger charge is -1.99. The second-order valence-corrected chi connectivity index (χ2v) is 4.27. The van der Waals surface area contributed by atoms with Crippen molar-refractivity contribution in [3.63, 3.8) is 0 Å². The number of nitrogens with one attached hydrogen (secondary N) is 1. The summed E-state index contributed by atoms with van der Waals surface area (Å²) in [7, 11) is 0. The molecule has 2 nitrogen and oxygen atoms in total. The molecule has 17 heavy (non-hydrogen) atoms. The highest BCUT2D eigenvalue weighted by Gasteiger charge is 1.96. The summed E-state index contributed by atoms with van der Waals surface area (Å²) in [5.41, 5.74) is 2.12. The van der Waals surface area contributed by atoms with Crippen LogP contribution in [0.1, 0.15) is 0 Å². The van der Waals surface area contributed by atoms with Crippen molar-refractivity contribution >= 4 is 47.4 Å². The first-order valence-corrected chi connectivity index (χ1v) is 6.02. The Kier molecular flexibility index (Phi) is 4.25. The monoisotopic (exact) mass is 260 g/mol. The molecule has 0 unspecified atom stereocenters. The van der Waals surface area contributed by atoms with Crippen molar-refractivity contribution in [2.75, 3.05) is 0 Å². The van der Waals surface area contributed by atoms with E-state index in [1.165, 1.54) is 10.8 Å². The Morgan fingerprint density at radius 3 is 1.65 bits per heavy atom. The molecule has 0 aliphatic heterocycles. The largest absolute Gasteiger partial charge is 0.248 e. The summed E-state index contributed by atoms with van der Waals surface area (Å²) in [5, 5.41) is 2.40. The van der Waals surface area contributed by atoms with Gasteiger partial charge in [0.25, 0.3) is 0 Å². The van der Waals surface area contributed by atoms with Crippen LogP contribution in [0.15, 0.2) is 54.6 Å². The van der Waals surface area contributed by atoms with Crippen molar-refractivity contribution in [2.45, 2.75) is 0 Å². The van der Waals surface area contributed by atoms with E-state index in [2.05, 4.69) is 52.9 Å². The van der Waals surface area contributed by atoms with E-state index in [1.807, 2.05) is 36.4 Å². The summed E-state index contributed by atoms with van der Waals surface area (Å²) in [6.07, 6.45) is 0. The number of nitrogens with zero attached hydrogens (tertiary/aromatic N) is 1. The van der Waals surface area contributed by atoms with Crippen LogP contribution in [0, 0.1) is 0 Å². The van der Waals surface area contributed by atoms with E-state index in [0.29, 0.717) is 0 Å². The third-order valence-electron chi connectivity index (χ3n) is 2.43. The smallest absolute Gasteiger partial charge is 0.0709 e. The van der Waals surface area contributed by atoms with Gasteiger partial charge in [-0.3, -0.25) is 0 Å². The van der Waals surface area contributed by atoms with Crippen LogP contribution >= 0.6 is 25.6 Å². The van der Waals surface area contributed by atoms with Crippen LogP contribution in [0.5, 0.6) is 0 Å². The Morgan fingerprint density at radius 2 is 1.18 bits per heavy atom. The molecule has 3 rings (SSSR count). The molecule has 0 saturated carbocycles. The number of fused-ring (bicyclic) bond motifs is 2. The second kappa shape index (κ2) is 5.91. The summed E-state index contributed by atoms with van der Waals surface area (Å²) in [6.45, 7) is 0. The van der Waals surface area contributed by atoms with E-state index >= 15 is 0 Å². The van der Waals surface area contributed by atoms with Gasteiger partial charge in [0, 0.05) is 10.8 Å². The Balaban J connectivity index is 0.000000329. The summed E-state index contributed by atoms with van der Waals surface area (Å²) in [4.78, 5) is 4.58. The van der Waals surface area contributed by atoms with Crippen LogP contribution in [-0.4, -0.2) is 4.98 Å². The van der Waals surface area contributed by atoms with Crippen molar-refractivity contribution in [1.29, 1.82) is 0 Å². The van der Waals surface area contributed by atoms with Crippen molar-refractivity contribution < 1.29 is 0 Å². The number of aromatic nitrogens is 1. The fourth-order valence-corrected chi connectivity index (χ4v) is 1.72. The molecular formula is C13H12N2S2. The third kappa shape index (κ3) is 2.91. The van der Waals surface area contributed by atoms with E-state index in [1.54, 1.807) is 0 Å². The van der Waals surface area contributed by atoms with Gasteiger partial charge in [0.2, 0.25) is 0 Å². The molecule has 0 atom stereocenters. The number of para-hydroxylation sites is 2. The van der Waals surface area contributed by atoms with Gasteiger partial charge in [0.05, 0.1) is 11.0 Å². The van der Waals surface area contributed by atoms with Gasteiger partial charge in [-0.1, -0.05) is 62.0 Å². The van der Waals surface area contributed by atoms with Gasteiger partial charge in [-0.05, 0) is 18.2 Å². The first kappa shape index (κ1) is 12.2. The van der Waals surface area contributed by atoms with Gasteiger partial charge in [0.15, 0.2) is 0 Å². The zero-order chi connectivity index (χ0) is 12.1. The lowest BCUT2D eigenvalue weighted by atomic mass is 10.1. The van der Waals surface area contributed by atoms with Gasteiger partial charge in [-0.2, -0.15) is 0 Å². The topological polar surface area (TPSA) is 24.9 Å². The predicted octanol–water partition coefficient (Wildman–Crippen LogP) is 3.65. The van der Waals surface area contributed by atoms with Crippen LogP contribution in [-0.2, 0) is 0 Å². The number of benzene rings is 2. The maximum absolute atomic E-state index is 4.58. The highest BCUT2D eigenvalue weighted by molar-refractivity contribution is 7.94. The number of hydrogen-bond donors (Lipinski definition) is 3. The molecule has 0 aliphatic carbocycles. The van der Waals surface area contributed by atoms with E-state index in [4.69, 9.17) is 0 Å². The zero-order valence-corrected chi connectivity index (χ0v) is 10.8. The van der Waals surface area contributed by atoms with Gasteiger partial charge < -0.3 is 0 Å². The van der Waals surface area contributed by atoms with E-state index in [0.717, 1.165) is 11.0 Å². The Hall–Kier alpha value is -1.23. The van der Waals surface area contributed by atoms with Gasteiger partial charge in [0.1, 0.15) is 0 Å². The van der Waals surface area contributed by atoms with Gasteiger partial charge in [-0.25, -0.2) is 9.11 Å². The highest BCUT2D eigenvalue weighted by atomic mass is 32.2. The Labute approximate surface area is 111 Å². The van der Waals surface area contributed by atoms with Crippen LogP contribution in [0.4, 0.5) is 0 Å². The fourth-order valence-electron chi connectivity index (χ4n) is 1.72. The SMILES string of the molecule is SNS.c1ccc2nc3ccccc3cc2c1. The van der Waals surface area contributed by atoms with Crippen LogP contribution < -0.4 is 4.13 Å². The Bertz CT molecular complexity index is 521. The molecule has 2 aromatic carbocycles. The standard InChI is InChI=1S/C13H9N.H3NS2/c1-3-7-12-10(5-1)9-11-6-2-4-8-13(11)14-12;2-1-3/h1-9H;1-3H. The van der Waals surface area contributed by atoms with Crippen LogP contribution in [0.25, 0.3) is 21.8 Å². The molecule has 0 fully saturated rings. The van der Waals surface area contributed by atoms with Crippen LogP contribution in [0.2, 0.25) is 0 Å². The molecule has 86 valence electrons. The summed E-state index contributed by atoms with van der Waals surface area (Å²) in [5.74, 6) is 0. The van der Waals surface area contributed by atoms with Crippen LogP contribution in [0.3, 0.4) is 0 Å². The van der Waals surface area contributed by atoms with E-state index in [9.17, 15) is 0 Å². The summed E-state index contributed by atoms with van der Waals surface area (Å²) < 4.78 is 2.14. The van der Waals surface area contributed by atoms with Gasteiger partial charge >= 0.3 is 0 Å². The van der Waals surface area contributed by atoms with Crippen molar-refractivity contribution in [3.05, 3.63) is 54.6 Å². The molecular weight excluding hydrogens is 248 g/mol. The Morgan fingerprint density at radius 1 is 0.765 bits per heavy atom. The summed E-state index contributed by atoms with van der Waals surface area (Å²) in [6, 6.07) is 18.6. The second-order valence-electron chi connectivity index (χ2n) is 3.47. The molecule has 0 aliphatic rings. The minimum absolute atomic E-state index is 1.06. The average Bonchev–Trinajstić information content (AvgIpc) is 2.37. The van der Waals surface area contributed by atoms with E-state index < -0.39 is 0 Å². The minimum Gasteiger partial charge on any atom is -0.248 e. The molecule has 3 aromatic rings. The van der Waals surface area contributed by atoms with Crippen molar-refractivity contribution in [3.8, 4) is 0 Å². The number of rotatable bonds is 0. The maximum Gasteiger partial charge on any atom is 0.0709 e. The fraction of sp³-hybridized carbons (Fsp3) is 0. The third-order valence-corrected chi connectivity index (χ3v) is 2.43. The molecule has 0 spiro atoms. The maximum atomic E-state index is 4.58. The van der Waals surface area contributed by atoms with Crippen molar-refractivity contribution in [1.82, 2.24) is 9.11 Å². The van der Waals surface area contributed by atoms with E-state index in [-0.39, 0.29) is 0 Å². The molecule has 0 bridgehead atoms. The molecule has 0 saturated heterocycles. The zero-order valence-electron chi connectivity index (χ0n) is 9.04. The first-order valence-electron chi connectivity index (χ1n) is 5.13. The van der Waals surface area contributed by atoms with Crippen molar-refractivity contribution in [2.24, 2.45) is 0 Å². The molecule has 1 heterocycles. The molecule has 1 aromatic heterocycles. The lowest BCUT2D eigenvalue weighted by Crippen LogP contribution is -1.80. The first-order chi connectivity index (χ1) is 8.35. The molecule has 1 N–H and O–H groups in total. The number of hydrogen-bond acceptors (Lipinski definition) is 4. The number of pyridine rings is 1. The normalized spacial score (nSPS) is 10.0. The molecule has 4 heteroatoms. The predicted molar refractivity (Wildman–Crippen MR) is 80.4 cm³/mol. The summed E-state index contributed by atoms with van der Waals surface area (Å²) >= 11 is 6.81.